The second kappa shape index (κ2) is 12.0. The Labute approximate surface area is 219 Å². The highest BCUT2D eigenvalue weighted by molar-refractivity contribution is 5.96. The zero-order chi connectivity index (χ0) is 26.4. The fourth-order valence-electron chi connectivity index (χ4n) is 4.32. The molecule has 0 radical (unpaired) electrons. The summed E-state index contributed by atoms with van der Waals surface area (Å²) < 4.78 is 16.6. The number of hydrogen-bond acceptors (Lipinski definition) is 5. The van der Waals surface area contributed by atoms with E-state index in [4.69, 9.17) is 13.9 Å². The Morgan fingerprint density at radius 1 is 0.919 bits per heavy atom. The van der Waals surface area contributed by atoms with Crippen molar-refractivity contribution in [2.75, 3.05) is 33.9 Å². The van der Waals surface area contributed by atoms with Crippen molar-refractivity contribution in [2.24, 2.45) is 5.92 Å². The van der Waals surface area contributed by atoms with Gasteiger partial charge >= 0.3 is 0 Å². The van der Waals surface area contributed by atoms with E-state index in [1.807, 2.05) is 68.4 Å². The van der Waals surface area contributed by atoms with Crippen LogP contribution >= 0.6 is 0 Å². The van der Waals surface area contributed by atoms with Crippen LogP contribution in [-0.2, 0) is 17.8 Å². The normalized spacial score (nSPS) is 12.8. The molecule has 2 amide bonds. The lowest BCUT2D eigenvalue weighted by atomic mass is 10.1. The molecule has 0 bridgehead atoms. The average molecular weight is 505 g/mol. The second-order valence-corrected chi connectivity index (χ2v) is 9.76. The molecule has 0 unspecified atom stereocenters. The summed E-state index contributed by atoms with van der Waals surface area (Å²) in [7, 11) is 3.21. The van der Waals surface area contributed by atoms with Crippen molar-refractivity contribution >= 4 is 11.8 Å². The second-order valence-electron chi connectivity index (χ2n) is 9.76. The van der Waals surface area contributed by atoms with E-state index in [0.717, 1.165) is 35.5 Å². The molecular weight excluding hydrogens is 468 g/mol. The van der Waals surface area contributed by atoms with Gasteiger partial charge in [0.05, 0.1) is 20.8 Å². The molecule has 4 rings (SSSR count). The lowest BCUT2D eigenvalue weighted by Gasteiger charge is -2.27. The molecule has 1 aliphatic carbocycles. The Bertz CT molecular complexity index is 1210. The number of ether oxygens (including phenoxy) is 2. The molecule has 1 saturated carbocycles. The van der Waals surface area contributed by atoms with Gasteiger partial charge in [0.2, 0.25) is 5.91 Å². The van der Waals surface area contributed by atoms with Crippen molar-refractivity contribution in [3.8, 4) is 11.5 Å². The van der Waals surface area contributed by atoms with E-state index in [2.05, 4.69) is 0 Å². The quantitative estimate of drug-likeness (QED) is 0.346. The van der Waals surface area contributed by atoms with Gasteiger partial charge in [-0.3, -0.25) is 9.59 Å². The number of rotatable bonds is 12. The molecule has 1 heterocycles. The minimum atomic E-state index is -0.103. The third-order valence-electron chi connectivity index (χ3n) is 6.70. The van der Waals surface area contributed by atoms with E-state index in [-0.39, 0.29) is 18.4 Å². The van der Waals surface area contributed by atoms with Crippen molar-refractivity contribution in [2.45, 2.75) is 39.7 Å². The lowest BCUT2D eigenvalue weighted by Crippen LogP contribution is -2.44. The topological polar surface area (TPSA) is 72.2 Å². The number of furan rings is 1. The maximum absolute atomic E-state index is 13.6. The Hall–Kier alpha value is -3.74. The van der Waals surface area contributed by atoms with Crippen molar-refractivity contribution in [1.29, 1.82) is 0 Å². The number of aryl methyl sites for hydroxylation is 2. The molecule has 1 aromatic heterocycles. The minimum Gasteiger partial charge on any atom is -0.493 e. The van der Waals surface area contributed by atoms with Crippen LogP contribution in [0.2, 0.25) is 0 Å². The smallest absolute Gasteiger partial charge is 0.254 e. The van der Waals surface area contributed by atoms with Gasteiger partial charge in [-0.2, -0.15) is 0 Å². The van der Waals surface area contributed by atoms with Crippen molar-refractivity contribution in [1.82, 2.24) is 9.80 Å². The van der Waals surface area contributed by atoms with E-state index >= 15 is 0 Å². The van der Waals surface area contributed by atoms with E-state index in [1.54, 1.807) is 24.0 Å². The van der Waals surface area contributed by atoms with Crippen molar-refractivity contribution in [3.63, 3.8) is 0 Å². The fraction of sp³-hybridized carbons (Fsp3) is 0.400. The Morgan fingerprint density at radius 3 is 2.27 bits per heavy atom. The third kappa shape index (κ3) is 7.15. The Morgan fingerprint density at radius 2 is 1.65 bits per heavy atom. The highest BCUT2D eigenvalue weighted by Crippen LogP contribution is 2.30. The number of carbonyl (C=O) groups excluding carboxylic acids is 2. The fourth-order valence-corrected chi connectivity index (χ4v) is 4.32. The summed E-state index contributed by atoms with van der Waals surface area (Å²) in [5, 5.41) is 0. The summed E-state index contributed by atoms with van der Waals surface area (Å²) >= 11 is 0. The summed E-state index contributed by atoms with van der Waals surface area (Å²) in [5.41, 5.74) is 2.73. The number of methoxy groups -OCH3 is 2. The van der Waals surface area contributed by atoms with Crippen LogP contribution in [0.3, 0.4) is 0 Å². The number of nitrogens with zero attached hydrogens (tertiary/aromatic N) is 2. The van der Waals surface area contributed by atoms with Crippen LogP contribution in [-0.4, -0.2) is 55.5 Å². The van der Waals surface area contributed by atoms with Crippen LogP contribution in [0, 0.1) is 19.8 Å². The maximum atomic E-state index is 13.6. The average Bonchev–Trinajstić information content (AvgIpc) is 3.63. The van der Waals surface area contributed by atoms with Crippen LogP contribution in [0.15, 0.2) is 59.0 Å². The van der Waals surface area contributed by atoms with Gasteiger partial charge in [-0.25, -0.2) is 0 Å². The first-order valence-corrected chi connectivity index (χ1v) is 12.8. The van der Waals surface area contributed by atoms with Crippen LogP contribution in [0.5, 0.6) is 11.5 Å². The maximum Gasteiger partial charge on any atom is 0.254 e. The van der Waals surface area contributed by atoms with Crippen LogP contribution in [0.4, 0.5) is 0 Å². The standard InChI is InChI=1S/C30H36N2O5/c1-21-5-11-25(12-6-21)30(34)32(18-24-8-9-24)20-29(33)31(19-26-13-7-22(2)37-26)16-15-23-10-14-27(35-3)28(17-23)36-4/h5-7,10-14,17,24H,8-9,15-16,18-20H2,1-4H3. The summed E-state index contributed by atoms with van der Waals surface area (Å²) in [6, 6.07) is 17.1. The van der Waals surface area contributed by atoms with Gasteiger partial charge in [0, 0.05) is 18.7 Å². The van der Waals surface area contributed by atoms with Gasteiger partial charge in [0.1, 0.15) is 18.1 Å². The summed E-state index contributed by atoms with van der Waals surface area (Å²) in [5.74, 6) is 3.10. The number of amides is 2. The first-order chi connectivity index (χ1) is 17.9. The number of carbonyl (C=O) groups is 2. The molecule has 7 heteroatoms. The summed E-state index contributed by atoms with van der Waals surface area (Å²) in [6.07, 6.45) is 2.82. The van der Waals surface area contributed by atoms with E-state index < -0.39 is 0 Å². The Kier molecular flexibility index (Phi) is 8.54. The van der Waals surface area contributed by atoms with Gasteiger partial charge in [0.15, 0.2) is 11.5 Å². The van der Waals surface area contributed by atoms with Crippen LogP contribution in [0.1, 0.15) is 45.8 Å². The van der Waals surface area contributed by atoms with Gasteiger partial charge in [-0.1, -0.05) is 23.8 Å². The Balaban J connectivity index is 1.50. The molecule has 1 aliphatic rings. The summed E-state index contributed by atoms with van der Waals surface area (Å²) in [6.45, 7) is 5.33. The molecule has 1 fully saturated rings. The largest absolute Gasteiger partial charge is 0.493 e. The SMILES string of the molecule is COc1ccc(CCN(Cc2ccc(C)o2)C(=O)CN(CC2CC2)C(=O)c2ccc(C)cc2)cc1OC. The van der Waals surface area contributed by atoms with Crippen molar-refractivity contribution in [3.05, 3.63) is 82.8 Å². The summed E-state index contributed by atoms with van der Waals surface area (Å²) in [4.78, 5) is 30.5. The molecule has 0 aliphatic heterocycles. The van der Waals surface area contributed by atoms with Crippen LogP contribution < -0.4 is 9.47 Å². The highest BCUT2D eigenvalue weighted by Gasteiger charge is 2.30. The molecule has 2 aromatic carbocycles. The molecule has 37 heavy (non-hydrogen) atoms. The zero-order valence-corrected chi connectivity index (χ0v) is 22.2. The van der Waals surface area contributed by atoms with E-state index in [9.17, 15) is 9.59 Å². The number of benzene rings is 2. The van der Waals surface area contributed by atoms with Crippen molar-refractivity contribution < 1.29 is 23.5 Å². The third-order valence-corrected chi connectivity index (χ3v) is 6.70. The zero-order valence-electron chi connectivity index (χ0n) is 22.2. The monoisotopic (exact) mass is 504 g/mol. The first-order valence-electron chi connectivity index (χ1n) is 12.8. The molecule has 0 spiro atoms. The minimum absolute atomic E-state index is 0.0365. The molecule has 7 nitrogen and oxygen atoms in total. The predicted molar refractivity (Wildman–Crippen MR) is 142 cm³/mol. The lowest BCUT2D eigenvalue weighted by molar-refractivity contribution is -0.132. The molecule has 3 aromatic rings. The first kappa shape index (κ1) is 26.3. The predicted octanol–water partition coefficient (Wildman–Crippen LogP) is 5.04. The van der Waals surface area contributed by atoms with Crippen LogP contribution in [0.25, 0.3) is 0 Å². The van der Waals surface area contributed by atoms with Gasteiger partial charge in [-0.05, 0) is 81.0 Å². The van der Waals surface area contributed by atoms with Gasteiger partial charge < -0.3 is 23.7 Å². The van der Waals surface area contributed by atoms with Gasteiger partial charge in [-0.15, -0.1) is 0 Å². The molecule has 0 atom stereocenters. The van der Waals surface area contributed by atoms with E-state index in [0.29, 0.717) is 49.0 Å². The number of hydrogen-bond donors (Lipinski definition) is 0. The molecule has 0 N–H and O–H groups in total. The molecule has 0 saturated heterocycles. The highest BCUT2D eigenvalue weighted by atomic mass is 16.5. The van der Waals surface area contributed by atoms with Gasteiger partial charge in [0.25, 0.3) is 5.91 Å². The molecule has 196 valence electrons. The molecular formula is C30H36N2O5. The van der Waals surface area contributed by atoms with E-state index in [1.165, 1.54) is 0 Å².